The van der Waals surface area contributed by atoms with Crippen LogP contribution in [0.5, 0.6) is 0 Å². The predicted molar refractivity (Wildman–Crippen MR) is 56.7 cm³/mol. The van der Waals surface area contributed by atoms with Crippen LogP contribution in [-0.2, 0) is 9.59 Å². The molecule has 0 aromatic carbocycles. The highest BCUT2D eigenvalue weighted by Crippen LogP contribution is 2.19. The number of ketones is 1. The van der Waals surface area contributed by atoms with Crippen molar-refractivity contribution in [1.82, 2.24) is 4.90 Å². The number of piperidine rings is 1. The fraction of sp³-hybridized carbons (Fsp3) is 0.818. The van der Waals surface area contributed by atoms with Gasteiger partial charge in [0.1, 0.15) is 5.78 Å². The molecule has 15 heavy (non-hydrogen) atoms. The van der Waals surface area contributed by atoms with Gasteiger partial charge >= 0.3 is 5.97 Å². The summed E-state index contributed by atoms with van der Waals surface area (Å²) in [4.78, 5) is 24.2. The Kier molecular flexibility index (Phi) is 4.75. The maximum Gasteiger partial charge on any atom is 0.303 e. The van der Waals surface area contributed by atoms with Crippen LogP contribution >= 0.6 is 0 Å². The molecular formula is C11H19NO3. The van der Waals surface area contributed by atoms with Crippen LogP contribution in [0.4, 0.5) is 0 Å². The Morgan fingerprint density at radius 2 is 1.87 bits per heavy atom. The molecule has 0 amide bonds. The van der Waals surface area contributed by atoms with Gasteiger partial charge in [-0.1, -0.05) is 0 Å². The quantitative estimate of drug-likeness (QED) is 0.744. The van der Waals surface area contributed by atoms with Crippen LogP contribution < -0.4 is 0 Å². The first kappa shape index (κ1) is 12.2. The van der Waals surface area contributed by atoms with Crippen molar-refractivity contribution >= 4 is 11.8 Å². The minimum atomic E-state index is -0.814. The summed E-state index contributed by atoms with van der Waals surface area (Å²) < 4.78 is 0. The second-order valence-corrected chi connectivity index (χ2v) is 4.29. The first-order valence-corrected chi connectivity index (χ1v) is 5.52. The van der Waals surface area contributed by atoms with Gasteiger partial charge in [-0.25, -0.2) is 0 Å². The minimum absolute atomic E-state index is 0.109. The van der Waals surface area contributed by atoms with Crippen molar-refractivity contribution in [2.45, 2.75) is 32.1 Å². The highest BCUT2D eigenvalue weighted by Gasteiger charge is 2.22. The third-order valence-corrected chi connectivity index (χ3v) is 2.99. The molecule has 0 aliphatic carbocycles. The van der Waals surface area contributed by atoms with Crippen LogP contribution in [0, 0.1) is 5.92 Å². The second kappa shape index (κ2) is 5.85. The summed E-state index contributed by atoms with van der Waals surface area (Å²) in [6, 6.07) is 0. The lowest BCUT2D eigenvalue weighted by atomic mass is 9.90. The number of hydrogen-bond acceptors (Lipinski definition) is 3. The molecule has 0 atom stereocenters. The SMILES string of the molecule is CN1CCC(C(=O)CCCC(=O)O)CC1. The van der Waals surface area contributed by atoms with E-state index in [1.807, 2.05) is 0 Å². The summed E-state index contributed by atoms with van der Waals surface area (Å²) in [6.45, 7) is 1.96. The number of hydrogen-bond donors (Lipinski definition) is 1. The Bertz CT molecular complexity index is 232. The lowest BCUT2D eigenvalue weighted by molar-refractivity contribution is -0.137. The molecule has 1 fully saturated rings. The van der Waals surface area contributed by atoms with Gasteiger partial charge in [0.25, 0.3) is 0 Å². The van der Waals surface area contributed by atoms with Crippen molar-refractivity contribution in [3.05, 3.63) is 0 Å². The maximum atomic E-state index is 11.7. The summed E-state index contributed by atoms with van der Waals surface area (Å²) in [7, 11) is 2.06. The number of carbonyl (C=O) groups excluding carboxylic acids is 1. The normalized spacial score (nSPS) is 19.0. The Hall–Kier alpha value is -0.900. The van der Waals surface area contributed by atoms with E-state index in [4.69, 9.17) is 5.11 Å². The molecule has 0 aromatic rings. The number of carboxylic acid groups (broad SMARTS) is 1. The van der Waals surface area contributed by atoms with Gasteiger partial charge in [-0.05, 0) is 39.4 Å². The van der Waals surface area contributed by atoms with E-state index in [-0.39, 0.29) is 18.1 Å². The molecular weight excluding hydrogens is 194 g/mol. The van der Waals surface area contributed by atoms with Gasteiger partial charge < -0.3 is 10.0 Å². The Balaban J connectivity index is 2.19. The van der Waals surface area contributed by atoms with E-state index in [1.54, 1.807) is 0 Å². The molecule has 0 unspecified atom stereocenters. The van der Waals surface area contributed by atoms with Crippen LogP contribution in [-0.4, -0.2) is 41.9 Å². The van der Waals surface area contributed by atoms with E-state index in [0.29, 0.717) is 12.8 Å². The van der Waals surface area contributed by atoms with Gasteiger partial charge in [0.05, 0.1) is 0 Å². The zero-order valence-electron chi connectivity index (χ0n) is 9.24. The highest BCUT2D eigenvalue weighted by atomic mass is 16.4. The van der Waals surface area contributed by atoms with Gasteiger partial charge in [0.15, 0.2) is 0 Å². The third-order valence-electron chi connectivity index (χ3n) is 2.99. The van der Waals surface area contributed by atoms with Gasteiger partial charge in [0, 0.05) is 18.8 Å². The van der Waals surface area contributed by atoms with Crippen molar-refractivity contribution < 1.29 is 14.7 Å². The number of rotatable bonds is 5. The third kappa shape index (κ3) is 4.42. The van der Waals surface area contributed by atoms with Crippen molar-refractivity contribution in [2.75, 3.05) is 20.1 Å². The molecule has 1 rings (SSSR count). The lowest BCUT2D eigenvalue weighted by Gasteiger charge is -2.27. The summed E-state index contributed by atoms with van der Waals surface area (Å²) >= 11 is 0. The topological polar surface area (TPSA) is 57.6 Å². The first-order chi connectivity index (χ1) is 7.09. The Labute approximate surface area is 90.3 Å². The lowest BCUT2D eigenvalue weighted by Crippen LogP contribution is -2.33. The zero-order chi connectivity index (χ0) is 11.3. The number of aliphatic carboxylic acids is 1. The molecule has 1 saturated heterocycles. The molecule has 1 N–H and O–H groups in total. The standard InChI is InChI=1S/C11H19NO3/c1-12-7-5-9(6-8-12)10(13)3-2-4-11(14)15/h9H,2-8H2,1H3,(H,14,15). The maximum absolute atomic E-state index is 11.7. The van der Waals surface area contributed by atoms with Crippen molar-refractivity contribution in [2.24, 2.45) is 5.92 Å². The monoisotopic (exact) mass is 213 g/mol. The van der Waals surface area contributed by atoms with E-state index in [2.05, 4.69) is 11.9 Å². The van der Waals surface area contributed by atoms with E-state index in [1.165, 1.54) is 0 Å². The molecule has 0 bridgehead atoms. The van der Waals surface area contributed by atoms with Crippen molar-refractivity contribution in [1.29, 1.82) is 0 Å². The number of nitrogens with zero attached hydrogens (tertiary/aromatic N) is 1. The summed E-state index contributed by atoms with van der Waals surface area (Å²) in [6.07, 6.45) is 2.89. The molecule has 1 aliphatic heterocycles. The summed E-state index contributed by atoms with van der Waals surface area (Å²) in [5, 5.41) is 8.45. The van der Waals surface area contributed by atoms with Crippen LogP contribution in [0.3, 0.4) is 0 Å². The average molecular weight is 213 g/mol. The number of carboxylic acids is 1. The highest BCUT2D eigenvalue weighted by molar-refractivity contribution is 5.81. The zero-order valence-corrected chi connectivity index (χ0v) is 9.24. The smallest absolute Gasteiger partial charge is 0.303 e. The van der Waals surface area contributed by atoms with E-state index in [0.717, 1.165) is 25.9 Å². The molecule has 4 heteroatoms. The molecule has 0 saturated carbocycles. The molecule has 86 valence electrons. The van der Waals surface area contributed by atoms with Crippen molar-refractivity contribution in [3.8, 4) is 0 Å². The summed E-state index contributed by atoms with van der Waals surface area (Å²) in [5.41, 5.74) is 0. The Morgan fingerprint density at radius 1 is 1.27 bits per heavy atom. The summed E-state index contributed by atoms with van der Waals surface area (Å²) in [5.74, 6) is -0.384. The van der Waals surface area contributed by atoms with Gasteiger partial charge in [-0.2, -0.15) is 0 Å². The molecule has 0 radical (unpaired) electrons. The fourth-order valence-corrected chi connectivity index (χ4v) is 1.95. The number of Topliss-reactive ketones (excluding diaryl/α,β-unsaturated/α-hetero) is 1. The van der Waals surface area contributed by atoms with E-state index >= 15 is 0 Å². The minimum Gasteiger partial charge on any atom is -0.481 e. The molecule has 4 nitrogen and oxygen atoms in total. The van der Waals surface area contributed by atoms with Gasteiger partial charge in [-0.3, -0.25) is 9.59 Å². The van der Waals surface area contributed by atoms with E-state index in [9.17, 15) is 9.59 Å². The molecule has 1 heterocycles. The Morgan fingerprint density at radius 3 is 2.40 bits per heavy atom. The van der Waals surface area contributed by atoms with Crippen LogP contribution in [0.25, 0.3) is 0 Å². The van der Waals surface area contributed by atoms with Crippen LogP contribution in [0.1, 0.15) is 32.1 Å². The fourth-order valence-electron chi connectivity index (χ4n) is 1.95. The average Bonchev–Trinajstić information content (AvgIpc) is 2.18. The molecule has 0 aromatic heterocycles. The predicted octanol–water partition coefficient (Wildman–Crippen LogP) is 1.15. The molecule has 1 aliphatic rings. The van der Waals surface area contributed by atoms with Crippen LogP contribution in [0.15, 0.2) is 0 Å². The van der Waals surface area contributed by atoms with Gasteiger partial charge in [0.2, 0.25) is 0 Å². The number of likely N-dealkylation sites (tertiary alicyclic amines) is 1. The number of carbonyl (C=O) groups is 2. The largest absolute Gasteiger partial charge is 0.481 e. The van der Waals surface area contributed by atoms with E-state index < -0.39 is 5.97 Å². The second-order valence-electron chi connectivity index (χ2n) is 4.29. The molecule has 0 spiro atoms. The first-order valence-electron chi connectivity index (χ1n) is 5.52. The van der Waals surface area contributed by atoms with Crippen LogP contribution in [0.2, 0.25) is 0 Å². The van der Waals surface area contributed by atoms with Crippen molar-refractivity contribution in [3.63, 3.8) is 0 Å². The van der Waals surface area contributed by atoms with Gasteiger partial charge in [-0.15, -0.1) is 0 Å².